The second-order valence-corrected chi connectivity index (χ2v) is 11.3. The molecule has 4 N–H and O–H groups in total. The number of azo groups is 2. The number of nitrogens with two attached hydrogens (primary N) is 2. The van der Waals surface area contributed by atoms with Gasteiger partial charge in [-0.1, -0.05) is 60.7 Å². The van der Waals surface area contributed by atoms with Crippen LogP contribution < -0.4 is 11.5 Å². The molecule has 268 valence electrons. The topological polar surface area (TPSA) is 259 Å². The van der Waals surface area contributed by atoms with Crippen molar-refractivity contribution in [2.24, 2.45) is 34.6 Å². The average molecular weight is 725 g/mol. The fourth-order valence-corrected chi connectivity index (χ4v) is 5.33. The molecule has 0 amide bonds. The minimum atomic E-state index is -0.807. The third kappa shape index (κ3) is 6.25. The molecule has 0 atom stereocenters. The molecule has 0 fully saturated rings. The number of rotatable bonds is 11. The van der Waals surface area contributed by atoms with Crippen molar-refractivity contribution < 1.29 is 19.1 Å². The normalized spacial score (nSPS) is 11.5. The van der Waals surface area contributed by atoms with E-state index in [2.05, 4.69) is 40.6 Å². The van der Waals surface area contributed by atoms with Crippen LogP contribution in [0.25, 0.3) is 34.2 Å². The molecule has 20 heteroatoms. The van der Waals surface area contributed by atoms with Gasteiger partial charge in [-0.25, -0.2) is 24.1 Å². The molecule has 0 aliphatic heterocycles. The van der Waals surface area contributed by atoms with Gasteiger partial charge in [0, 0.05) is 31.3 Å². The van der Waals surface area contributed by atoms with Crippen LogP contribution in [0.5, 0.6) is 0 Å². The Kier molecular flexibility index (Phi) is 9.12. The Bertz CT molecular complexity index is 2600. The SMILES string of the molecule is COC(=O)c1cnn(C)c1N=Nc1c(-c2ccccc2)nn(-c2cc(-n3nc(-c4ccccc4)c(N=Nc4c(C(=O)C=O)cnn4C)c3N)ncn2)c1N. The molecule has 0 spiro atoms. The van der Waals surface area contributed by atoms with Crippen molar-refractivity contribution in [3.8, 4) is 34.2 Å². The van der Waals surface area contributed by atoms with Crippen LogP contribution in [-0.4, -0.2) is 74.2 Å². The number of hydrogen-bond acceptors (Lipinski definition) is 16. The number of carbonyl (C=O) groups is 3. The lowest BCUT2D eigenvalue weighted by Crippen LogP contribution is -2.09. The van der Waals surface area contributed by atoms with E-state index in [-0.39, 0.29) is 63.7 Å². The number of esters is 1. The molecule has 5 aromatic heterocycles. The van der Waals surface area contributed by atoms with Gasteiger partial charge in [0.1, 0.15) is 23.3 Å². The molecule has 0 radical (unpaired) electrons. The zero-order valence-electron chi connectivity index (χ0n) is 28.7. The van der Waals surface area contributed by atoms with Crippen molar-refractivity contribution in [2.45, 2.75) is 0 Å². The number of ether oxygens (including phenoxy) is 1. The monoisotopic (exact) mass is 724 g/mol. The van der Waals surface area contributed by atoms with Gasteiger partial charge in [0.15, 0.2) is 52.6 Å². The Hall–Kier alpha value is -8.03. The van der Waals surface area contributed by atoms with Crippen LogP contribution in [0.2, 0.25) is 0 Å². The summed E-state index contributed by atoms with van der Waals surface area (Å²) in [5.74, 6) is -0.716. The van der Waals surface area contributed by atoms with E-state index in [0.29, 0.717) is 22.5 Å². The van der Waals surface area contributed by atoms with Crippen molar-refractivity contribution >= 4 is 52.7 Å². The van der Waals surface area contributed by atoms with Crippen LogP contribution in [0.4, 0.5) is 34.6 Å². The number of aromatic nitrogens is 10. The number of nitrogens with zero attached hydrogens (tertiary/aromatic N) is 14. The maximum absolute atomic E-state index is 12.3. The van der Waals surface area contributed by atoms with E-state index in [1.54, 1.807) is 20.2 Å². The van der Waals surface area contributed by atoms with Gasteiger partial charge in [0.2, 0.25) is 5.78 Å². The van der Waals surface area contributed by atoms with E-state index < -0.39 is 11.8 Å². The van der Waals surface area contributed by atoms with Crippen LogP contribution in [0.3, 0.4) is 0 Å². The Labute approximate surface area is 304 Å². The third-order valence-corrected chi connectivity index (χ3v) is 8.04. The molecule has 0 unspecified atom stereocenters. The molecule has 0 bridgehead atoms. The second kappa shape index (κ2) is 14.3. The predicted octanol–water partition coefficient (Wildman–Crippen LogP) is 4.81. The Balaban J connectivity index is 1.33. The molecule has 0 aliphatic rings. The van der Waals surface area contributed by atoms with Gasteiger partial charge >= 0.3 is 5.97 Å². The summed E-state index contributed by atoms with van der Waals surface area (Å²) >= 11 is 0. The summed E-state index contributed by atoms with van der Waals surface area (Å²) < 4.78 is 10.2. The fourth-order valence-electron chi connectivity index (χ4n) is 5.33. The number of Topliss-reactive ketones (excluding diaryl/α,β-unsaturated/α-hetero) is 1. The first-order valence-corrected chi connectivity index (χ1v) is 15.9. The molecular weight excluding hydrogens is 696 g/mol. The predicted molar refractivity (Wildman–Crippen MR) is 192 cm³/mol. The maximum Gasteiger partial charge on any atom is 0.343 e. The van der Waals surface area contributed by atoms with Crippen molar-refractivity contribution in [3.63, 3.8) is 0 Å². The fraction of sp³-hybridized carbons (Fsp3) is 0.0882. The molecule has 5 heterocycles. The molecule has 7 aromatic rings. The van der Waals surface area contributed by atoms with Gasteiger partial charge in [-0.2, -0.15) is 29.8 Å². The minimum Gasteiger partial charge on any atom is -0.465 e. The van der Waals surface area contributed by atoms with Crippen molar-refractivity contribution in [1.29, 1.82) is 0 Å². The highest BCUT2D eigenvalue weighted by Crippen LogP contribution is 2.39. The summed E-state index contributed by atoms with van der Waals surface area (Å²) in [6.45, 7) is 0. The molecule has 20 nitrogen and oxygen atoms in total. The lowest BCUT2D eigenvalue weighted by Gasteiger charge is -2.06. The van der Waals surface area contributed by atoms with Crippen molar-refractivity contribution in [3.05, 3.63) is 96.6 Å². The molecule has 2 aromatic carbocycles. The lowest BCUT2D eigenvalue weighted by atomic mass is 10.1. The summed E-state index contributed by atoms with van der Waals surface area (Å²) in [6, 6.07) is 19.8. The van der Waals surface area contributed by atoms with Crippen molar-refractivity contribution in [1.82, 2.24) is 49.1 Å². The zero-order chi connectivity index (χ0) is 37.9. The van der Waals surface area contributed by atoms with Gasteiger partial charge < -0.3 is 16.2 Å². The summed E-state index contributed by atoms with van der Waals surface area (Å²) in [6.07, 6.45) is 4.02. The largest absolute Gasteiger partial charge is 0.465 e. The third-order valence-electron chi connectivity index (χ3n) is 8.04. The Morgan fingerprint density at radius 1 is 0.704 bits per heavy atom. The van der Waals surface area contributed by atoms with Gasteiger partial charge in [0.05, 0.1) is 25.1 Å². The van der Waals surface area contributed by atoms with E-state index in [9.17, 15) is 14.4 Å². The number of ketones is 1. The number of anilines is 2. The van der Waals surface area contributed by atoms with Gasteiger partial charge in [-0.05, 0) is 0 Å². The number of aldehydes is 1. The van der Waals surface area contributed by atoms with Crippen LogP contribution in [-0.2, 0) is 23.6 Å². The van der Waals surface area contributed by atoms with E-state index in [0.717, 1.165) is 0 Å². The minimum absolute atomic E-state index is 0.0290. The smallest absolute Gasteiger partial charge is 0.343 e. The van der Waals surface area contributed by atoms with Crippen molar-refractivity contribution in [2.75, 3.05) is 18.6 Å². The molecular formula is C34H28N16O4. The van der Waals surface area contributed by atoms with E-state index >= 15 is 0 Å². The van der Waals surface area contributed by atoms with Crippen LogP contribution >= 0.6 is 0 Å². The Morgan fingerprint density at radius 2 is 1.17 bits per heavy atom. The number of hydrogen-bond donors (Lipinski definition) is 2. The highest BCUT2D eigenvalue weighted by Gasteiger charge is 2.24. The summed E-state index contributed by atoms with van der Waals surface area (Å²) in [5, 5.41) is 34.9. The number of carbonyl (C=O) groups excluding carboxylic acids is 3. The second-order valence-electron chi connectivity index (χ2n) is 11.3. The molecule has 7 rings (SSSR count). The highest BCUT2D eigenvalue weighted by atomic mass is 16.5. The summed E-state index contributed by atoms with van der Waals surface area (Å²) in [5.41, 5.74) is 15.8. The molecule has 54 heavy (non-hydrogen) atoms. The average Bonchev–Trinajstić information content (AvgIpc) is 3.95. The van der Waals surface area contributed by atoms with E-state index in [1.165, 1.54) is 44.6 Å². The summed E-state index contributed by atoms with van der Waals surface area (Å²) in [4.78, 5) is 44.6. The number of aryl methyl sites for hydroxylation is 2. The number of nitrogen functional groups attached to an aromatic ring is 2. The first kappa shape index (κ1) is 34.4. The van der Waals surface area contributed by atoms with Crippen LogP contribution in [0.1, 0.15) is 20.7 Å². The molecule has 0 saturated heterocycles. The highest BCUT2D eigenvalue weighted by molar-refractivity contribution is 6.34. The van der Waals surface area contributed by atoms with E-state index in [1.807, 2.05) is 60.7 Å². The Morgan fingerprint density at radius 3 is 1.63 bits per heavy atom. The molecule has 0 saturated carbocycles. The zero-order valence-corrected chi connectivity index (χ0v) is 28.7. The first-order valence-electron chi connectivity index (χ1n) is 15.9. The van der Waals surface area contributed by atoms with Gasteiger partial charge in [-0.15, -0.1) is 20.5 Å². The van der Waals surface area contributed by atoms with Gasteiger partial charge in [0.25, 0.3) is 0 Å². The summed E-state index contributed by atoms with van der Waals surface area (Å²) in [7, 11) is 4.42. The number of benzene rings is 2. The van der Waals surface area contributed by atoms with E-state index in [4.69, 9.17) is 26.4 Å². The quantitative estimate of drug-likeness (QED) is 0.0599. The number of methoxy groups -OCH3 is 1. The lowest BCUT2D eigenvalue weighted by molar-refractivity contribution is -0.104. The van der Waals surface area contributed by atoms with Crippen LogP contribution in [0.15, 0.2) is 106 Å². The molecule has 0 aliphatic carbocycles. The van der Waals surface area contributed by atoms with Crippen LogP contribution in [0, 0.1) is 0 Å². The standard InChI is InChI=1S/C34H28N16O4/c1-47-32(21(15-39-47)23(52)17-51)43-41-28-26(19-10-6-4-7-11-19)45-49(30(28)35)24-14-25(38-18-37-24)50-31(36)29(27(46-50)20-12-8-5-9-13-20)42-44-33-22(34(53)54-3)16-40-48(33)2/h4-18H,35-36H2,1-3H3. The first-order chi connectivity index (χ1) is 26.2. The van der Waals surface area contributed by atoms with Gasteiger partial charge in [-0.3, -0.25) is 9.59 Å². The maximum atomic E-state index is 12.3.